The van der Waals surface area contributed by atoms with E-state index in [4.69, 9.17) is 9.47 Å². The number of halogens is 1. The van der Waals surface area contributed by atoms with Crippen LogP contribution in [0.4, 0.5) is 0 Å². The first-order chi connectivity index (χ1) is 13.2. The molecule has 0 amide bonds. The Hall–Kier alpha value is -1.30. The highest BCUT2D eigenvalue weighted by Crippen LogP contribution is 2.32. The fourth-order valence-electron chi connectivity index (χ4n) is 3.93. The molecule has 2 heterocycles. The first-order valence-corrected chi connectivity index (χ1v) is 10.8. The van der Waals surface area contributed by atoms with Crippen molar-refractivity contribution >= 4 is 15.9 Å². The van der Waals surface area contributed by atoms with Crippen molar-refractivity contribution in [3.63, 3.8) is 0 Å². The Morgan fingerprint density at radius 1 is 1.07 bits per heavy atom. The number of rotatable bonds is 7. The summed E-state index contributed by atoms with van der Waals surface area (Å²) in [7, 11) is 1.75. The second-order valence-electron chi connectivity index (χ2n) is 7.82. The minimum atomic E-state index is -0.0661. The molecule has 4 nitrogen and oxygen atoms in total. The lowest BCUT2D eigenvalue weighted by Crippen LogP contribution is -2.49. The summed E-state index contributed by atoms with van der Waals surface area (Å²) in [4.78, 5) is 4.94. The molecule has 1 aromatic rings. The van der Waals surface area contributed by atoms with E-state index < -0.39 is 0 Å². The number of piperidine rings is 1. The maximum absolute atomic E-state index is 6.27. The van der Waals surface area contributed by atoms with Crippen LogP contribution in [-0.4, -0.2) is 48.9 Å². The van der Waals surface area contributed by atoms with Gasteiger partial charge in [-0.25, -0.2) is 0 Å². The standard InChI is InChI=1S/C22H29BrN2O2/c1-26-21-3-2-12-25(22(21)27-16-18-4-5-18)20-10-13-24(14-11-20)15-17-6-8-19(23)9-7-17/h2-3,6-9,12,18,20,22H,4-5,10-11,13-16H2,1H3. The topological polar surface area (TPSA) is 24.9 Å². The zero-order chi connectivity index (χ0) is 18.6. The van der Waals surface area contributed by atoms with Gasteiger partial charge in [0.25, 0.3) is 0 Å². The van der Waals surface area contributed by atoms with Crippen molar-refractivity contribution in [3.05, 3.63) is 58.4 Å². The van der Waals surface area contributed by atoms with Gasteiger partial charge in [0.2, 0.25) is 0 Å². The van der Waals surface area contributed by atoms with Gasteiger partial charge in [0.15, 0.2) is 6.23 Å². The van der Waals surface area contributed by atoms with Gasteiger partial charge in [0, 0.05) is 36.3 Å². The van der Waals surface area contributed by atoms with Gasteiger partial charge in [-0.15, -0.1) is 0 Å². The molecule has 1 saturated heterocycles. The van der Waals surface area contributed by atoms with Gasteiger partial charge < -0.3 is 14.4 Å². The van der Waals surface area contributed by atoms with E-state index in [2.05, 4.69) is 62.3 Å². The third-order valence-electron chi connectivity index (χ3n) is 5.75. The van der Waals surface area contributed by atoms with Crippen LogP contribution < -0.4 is 0 Å². The summed E-state index contributed by atoms with van der Waals surface area (Å²) in [5, 5.41) is 0. The molecule has 2 fully saturated rings. The Morgan fingerprint density at radius 2 is 1.81 bits per heavy atom. The van der Waals surface area contributed by atoms with Crippen molar-refractivity contribution in [2.45, 2.75) is 44.5 Å². The normalized spacial score (nSPS) is 24.1. The van der Waals surface area contributed by atoms with Crippen LogP contribution in [0.2, 0.25) is 0 Å². The van der Waals surface area contributed by atoms with Gasteiger partial charge in [-0.1, -0.05) is 28.1 Å². The first-order valence-electron chi connectivity index (χ1n) is 10.0. The fourth-order valence-corrected chi connectivity index (χ4v) is 4.19. The Labute approximate surface area is 170 Å². The highest BCUT2D eigenvalue weighted by Gasteiger charge is 2.33. The molecule has 4 rings (SSSR count). The predicted octanol–water partition coefficient (Wildman–Crippen LogP) is 4.53. The quantitative estimate of drug-likeness (QED) is 0.631. The molecule has 27 heavy (non-hydrogen) atoms. The van der Waals surface area contributed by atoms with Crippen LogP contribution in [0.5, 0.6) is 0 Å². The van der Waals surface area contributed by atoms with E-state index >= 15 is 0 Å². The molecular weight excluding hydrogens is 404 g/mol. The second kappa shape index (κ2) is 8.80. The third-order valence-corrected chi connectivity index (χ3v) is 6.28. The smallest absolute Gasteiger partial charge is 0.188 e. The highest BCUT2D eigenvalue weighted by atomic mass is 79.9. The van der Waals surface area contributed by atoms with Crippen molar-refractivity contribution in [1.82, 2.24) is 9.80 Å². The lowest BCUT2D eigenvalue weighted by molar-refractivity contribution is -0.0711. The number of hydrogen-bond donors (Lipinski definition) is 0. The molecule has 1 unspecified atom stereocenters. The van der Waals surface area contributed by atoms with E-state index in [1.54, 1.807) is 7.11 Å². The average Bonchev–Trinajstić information content (AvgIpc) is 3.53. The molecule has 3 aliphatic rings. The molecule has 0 N–H and O–H groups in total. The van der Waals surface area contributed by atoms with E-state index in [0.29, 0.717) is 6.04 Å². The van der Waals surface area contributed by atoms with Gasteiger partial charge in [-0.2, -0.15) is 0 Å². The molecule has 1 aliphatic carbocycles. The summed E-state index contributed by atoms with van der Waals surface area (Å²) >= 11 is 3.51. The largest absolute Gasteiger partial charge is 0.496 e. The zero-order valence-corrected chi connectivity index (χ0v) is 17.6. The average molecular weight is 433 g/mol. The Bertz CT molecular complexity index is 676. The van der Waals surface area contributed by atoms with Crippen molar-refractivity contribution in [2.75, 3.05) is 26.8 Å². The van der Waals surface area contributed by atoms with E-state index in [1.165, 1.54) is 18.4 Å². The van der Waals surface area contributed by atoms with Gasteiger partial charge in [0.05, 0.1) is 13.7 Å². The van der Waals surface area contributed by atoms with Crippen LogP contribution in [0, 0.1) is 5.92 Å². The SMILES string of the molecule is COC1=CC=CN(C2CCN(Cc3ccc(Br)cc3)CC2)C1OCC1CC1. The van der Waals surface area contributed by atoms with E-state index in [0.717, 1.165) is 55.2 Å². The summed E-state index contributed by atoms with van der Waals surface area (Å²) in [5.74, 6) is 1.68. The summed E-state index contributed by atoms with van der Waals surface area (Å²) in [6.45, 7) is 4.11. The lowest BCUT2D eigenvalue weighted by atomic mass is 10.0. The minimum Gasteiger partial charge on any atom is -0.496 e. The highest BCUT2D eigenvalue weighted by molar-refractivity contribution is 9.10. The Morgan fingerprint density at radius 3 is 2.48 bits per heavy atom. The molecule has 146 valence electrons. The summed E-state index contributed by atoms with van der Waals surface area (Å²) in [5.41, 5.74) is 1.38. The van der Waals surface area contributed by atoms with Gasteiger partial charge in [-0.05, 0) is 61.4 Å². The van der Waals surface area contributed by atoms with E-state index in [9.17, 15) is 0 Å². The number of ether oxygens (including phenoxy) is 2. The molecular formula is C22H29BrN2O2. The molecule has 0 bridgehead atoms. The van der Waals surface area contributed by atoms with E-state index in [1.807, 2.05) is 6.08 Å². The Balaban J connectivity index is 1.33. The maximum Gasteiger partial charge on any atom is 0.188 e. The van der Waals surface area contributed by atoms with Gasteiger partial charge in [0.1, 0.15) is 5.76 Å². The maximum atomic E-state index is 6.27. The number of nitrogens with zero attached hydrogens (tertiary/aromatic N) is 2. The molecule has 2 aliphatic heterocycles. The van der Waals surface area contributed by atoms with Crippen LogP contribution in [0.25, 0.3) is 0 Å². The van der Waals surface area contributed by atoms with Gasteiger partial charge >= 0.3 is 0 Å². The zero-order valence-electron chi connectivity index (χ0n) is 16.0. The predicted molar refractivity (Wildman–Crippen MR) is 111 cm³/mol. The molecule has 0 spiro atoms. The lowest BCUT2D eigenvalue weighted by Gasteiger charge is -2.43. The molecule has 5 heteroatoms. The summed E-state index contributed by atoms with van der Waals surface area (Å²) in [6.07, 6.45) is 11.2. The fraction of sp³-hybridized carbons (Fsp3) is 0.545. The summed E-state index contributed by atoms with van der Waals surface area (Å²) in [6, 6.07) is 9.18. The number of benzene rings is 1. The van der Waals surface area contributed by atoms with Crippen LogP contribution >= 0.6 is 15.9 Å². The molecule has 1 atom stereocenters. The van der Waals surface area contributed by atoms with Crippen LogP contribution in [0.15, 0.2) is 52.8 Å². The minimum absolute atomic E-state index is 0.0661. The van der Waals surface area contributed by atoms with Gasteiger partial charge in [-0.3, -0.25) is 4.90 Å². The molecule has 0 aromatic heterocycles. The molecule has 1 aromatic carbocycles. The van der Waals surface area contributed by atoms with Crippen molar-refractivity contribution in [2.24, 2.45) is 5.92 Å². The number of allylic oxidation sites excluding steroid dienone is 2. The molecule has 0 radical (unpaired) electrons. The van der Waals surface area contributed by atoms with Crippen molar-refractivity contribution in [3.8, 4) is 0 Å². The van der Waals surface area contributed by atoms with Crippen LogP contribution in [-0.2, 0) is 16.0 Å². The number of likely N-dealkylation sites (tertiary alicyclic amines) is 1. The first kappa shape index (κ1) is 19.0. The van der Waals surface area contributed by atoms with Crippen LogP contribution in [0.1, 0.15) is 31.2 Å². The van der Waals surface area contributed by atoms with Crippen molar-refractivity contribution in [1.29, 1.82) is 0 Å². The van der Waals surface area contributed by atoms with Crippen molar-refractivity contribution < 1.29 is 9.47 Å². The second-order valence-corrected chi connectivity index (χ2v) is 8.74. The molecule has 1 saturated carbocycles. The van der Waals surface area contributed by atoms with Crippen LogP contribution in [0.3, 0.4) is 0 Å². The third kappa shape index (κ3) is 4.95. The van der Waals surface area contributed by atoms with E-state index in [-0.39, 0.29) is 6.23 Å². The summed E-state index contributed by atoms with van der Waals surface area (Å²) < 4.78 is 13.0. The monoisotopic (exact) mass is 432 g/mol. The Kier molecular flexibility index (Phi) is 6.21. The number of hydrogen-bond acceptors (Lipinski definition) is 4. The number of methoxy groups -OCH3 is 1.